The Hall–Kier alpha value is -1.31. The normalized spacial score (nSPS) is 14.9. The fourth-order valence-electron chi connectivity index (χ4n) is 1.93. The second-order valence-corrected chi connectivity index (χ2v) is 5.78. The molecule has 3 N–H and O–H groups in total. The summed E-state index contributed by atoms with van der Waals surface area (Å²) in [6.07, 6.45) is 2.17. The van der Waals surface area contributed by atoms with Crippen molar-refractivity contribution in [2.24, 2.45) is 0 Å². The quantitative estimate of drug-likeness (QED) is 0.819. The van der Waals surface area contributed by atoms with Gasteiger partial charge < -0.3 is 15.6 Å². The van der Waals surface area contributed by atoms with Gasteiger partial charge in [-0.1, -0.05) is 0 Å². The van der Waals surface area contributed by atoms with Crippen molar-refractivity contribution in [3.05, 3.63) is 21.8 Å². The molecular formula is C12H13IN4O. The number of nitrogen functional groups attached to an aromatic ring is 1. The molecule has 1 aromatic carbocycles. The van der Waals surface area contributed by atoms with E-state index in [0.29, 0.717) is 12.0 Å². The van der Waals surface area contributed by atoms with E-state index in [4.69, 9.17) is 5.73 Å². The van der Waals surface area contributed by atoms with E-state index in [0.717, 1.165) is 27.4 Å². The number of halogens is 1. The van der Waals surface area contributed by atoms with Gasteiger partial charge >= 0.3 is 0 Å². The Bertz CT molecular complexity index is 618. The molecule has 0 atom stereocenters. The SMILES string of the molecule is Nc1nc2cc(I)ccc2n1CC(=O)NC1CC1. The summed E-state index contributed by atoms with van der Waals surface area (Å²) >= 11 is 2.23. The van der Waals surface area contributed by atoms with Crippen molar-refractivity contribution in [2.75, 3.05) is 5.73 Å². The van der Waals surface area contributed by atoms with Crippen LogP contribution >= 0.6 is 22.6 Å². The van der Waals surface area contributed by atoms with Crippen molar-refractivity contribution >= 4 is 45.5 Å². The molecule has 0 aliphatic heterocycles. The number of rotatable bonds is 3. The monoisotopic (exact) mass is 356 g/mol. The molecule has 0 radical (unpaired) electrons. The highest BCUT2D eigenvalue weighted by molar-refractivity contribution is 14.1. The van der Waals surface area contributed by atoms with Crippen molar-refractivity contribution < 1.29 is 4.79 Å². The van der Waals surface area contributed by atoms with Gasteiger partial charge in [0.2, 0.25) is 11.9 Å². The molecule has 0 bridgehead atoms. The fourth-order valence-corrected chi connectivity index (χ4v) is 2.41. The molecule has 0 spiro atoms. The number of amides is 1. The minimum Gasteiger partial charge on any atom is -0.369 e. The molecule has 1 saturated carbocycles. The molecule has 1 heterocycles. The molecule has 1 amide bonds. The summed E-state index contributed by atoms with van der Waals surface area (Å²) in [5, 5.41) is 2.95. The highest BCUT2D eigenvalue weighted by Crippen LogP contribution is 2.21. The molecule has 1 aliphatic rings. The van der Waals surface area contributed by atoms with Gasteiger partial charge in [0, 0.05) is 9.61 Å². The van der Waals surface area contributed by atoms with Gasteiger partial charge in [0.25, 0.3) is 0 Å². The van der Waals surface area contributed by atoms with Gasteiger partial charge in [-0.25, -0.2) is 4.98 Å². The average Bonchev–Trinajstić information content (AvgIpc) is 3.05. The maximum absolute atomic E-state index is 11.8. The molecule has 2 aromatic rings. The number of aromatic nitrogens is 2. The van der Waals surface area contributed by atoms with Gasteiger partial charge in [-0.15, -0.1) is 0 Å². The van der Waals surface area contributed by atoms with Crippen LogP contribution in [0.1, 0.15) is 12.8 Å². The van der Waals surface area contributed by atoms with Crippen LogP contribution < -0.4 is 11.1 Å². The first-order valence-electron chi connectivity index (χ1n) is 5.84. The number of hydrogen-bond donors (Lipinski definition) is 2. The zero-order valence-electron chi connectivity index (χ0n) is 9.69. The Morgan fingerprint density at radius 3 is 3.06 bits per heavy atom. The maximum Gasteiger partial charge on any atom is 0.240 e. The first-order chi connectivity index (χ1) is 8.63. The van der Waals surface area contributed by atoms with Gasteiger partial charge in [0.1, 0.15) is 6.54 Å². The van der Waals surface area contributed by atoms with Crippen LogP contribution in [0.2, 0.25) is 0 Å². The Kier molecular flexibility index (Phi) is 2.89. The number of nitrogens with two attached hydrogens (primary N) is 1. The van der Waals surface area contributed by atoms with Crippen LogP contribution in [0.15, 0.2) is 18.2 Å². The molecule has 3 rings (SSSR count). The highest BCUT2D eigenvalue weighted by Gasteiger charge is 2.23. The van der Waals surface area contributed by atoms with Gasteiger partial charge in [-0.05, 0) is 53.6 Å². The molecule has 1 aliphatic carbocycles. The van der Waals surface area contributed by atoms with Gasteiger partial charge in [0.05, 0.1) is 11.0 Å². The Morgan fingerprint density at radius 1 is 1.56 bits per heavy atom. The average molecular weight is 356 g/mol. The van der Waals surface area contributed by atoms with Gasteiger partial charge in [0.15, 0.2) is 0 Å². The summed E-state index contributed by atoms with van der Waals surface area (Å²) in [5.41, 5.74) is 7.60. The largest absolute Gasteiger partial charge is 0.369 e. The van der Waals surface area contributed by atoms with Crippen LogP contribution in [0.4, 0.5) is 5.95 Å². The number of fused-ring (bicyclic) bond motifs is 1. The van der Waals surface area contributed by atoms with E-state index in [2.05, 4.69) is 32.9 Å². The van der Waals surface area contributed by atoms with Crippen molar-refractivity contribution in [3.63, 3.8) is 0 Å². The third-order valence-electron chi connectivity index (χ3n) is 2.98. The topological polar surface area (TPSA) is 72.9 Å². The molecule has 0 saturated heterocycles. The second kappa shape index (κ2) is 4.42. The standard InChI is InChI=1S/C12H13IN4O/c13-7-1-4-10-9(5-7)16-12(14)17(10)6-11(18)15-8-2-3-8/h1,4-5,8H,2-3,6H2,(H2,14,16)(H,15,18). The number of benzene rings is 1. The molecule has 5 nitrogen and oxygen atoms in total. The van der Waals surface area contributed by atoms with Gasteiger partial charge in [-0.2, -0.15) is 0 Å². The third-order valence-corrected chi connectivity index (χ3v) is 3.65. The van der Waals surface area contributed by atoms with E-state index in [1.807, 2.05) is 18.2 Å². The van der Waals surface area contributed by atoms with Crippen molar-refractivity contribution in [1.29, 1.82) is 0 Å². The van der Waals surface area contributed by atoms with E-state index in [-0.39, 0.29) is 12.5 Å². The van der Waals surface area contributed by atoms with Crippen molar-refractivity contribution in [3.8, 4) is 0 Å². The van der Waals surface area contributed by atoms with Crippen LogP contribution in [0.5, 0.6) is 0 Å². The lowest BCUT2D eigenvalue weighted by molar-refractivity contribution is -0.121. The number of hydrogen-bond acceptors (Lipinski definition) is 3. The summed E-state index contributed by atoms with van der Waals surface area (Å²) in [5.74, 6) is 0.389. The molecule has 1 aromatic heterocycles. The molecule has 1 fully saturated rings. The predicted molar refractivity (Wildman–Crippen MR) is 78.0 cm³/mol. The molecular weight excluding hydrogens is 343 g/mol. The number of carbonyl (C=O) groups excluding carboxylic acids is 1. The van der Waals surface area contributed by atoms with Crippen LogP contribution in [0.3, 0.4) is 0 Å². The fraction of sp³-hybridized carbons (Fsp3) is 0.333. The van der Waals surface area contributed by atoms with Crippen LogP contribution in [0.25, 0.3) is 11.0 Å². The number of nitrogens with one attached hydrogen (secondary N) is 1. The van der Waals surface area contributed by atoms with E-state index < -0.39 is 0 Å². The zero-order valence-corrected chi connectivity index (χ0v) is 11.8. The van der Waals surface area contributed by atoms with Crippen LogP contribution in [-0.2, 0) is 11.3 Å². The lowest BCUT2D eigenvalue weighted by Gasteiger charge is -2.06. The number of anilines is 1. The predicted octanol–water partition coefficient (Wildman–Crippen LogP) is 1.50. The molecule has 6 heteroatoms. The molecule has 0 unspecified atom stereocenters. The van der Waals surface area contributed by atoms with Crippen molar-refractivity contribution in [1.82, 2.24) is 14.9 Å². The Morgan fingerprint density at radius 2 is 2.33 bits per heavy atom. The first kappa shape index (κ1) is 11.8. The third kappa shape index (κ3) is 2.29. The summed E-state index contributed by atoms with van der Waals surface area (Å²) in [6.45, 7) is 0.236. The number of imidazole rings is 1. The number of carbonyl (C=O) groups is 1. The minimum absolute atomic E-state index is 0.00190. The van der Waals surface area contributed by atoms with E-state index in [9.17, 15) is 4.79 Å². The summed E-state index contributed by atoms with van der Waals surface area (Å²) < 4.78 is 2.86. The summed E-state index contributed by atoms with van der Waals surface area (Å²) in [6, 6.07) is 6.26. The summed E-state index contributed by atoms with van der Waals surface area (Å²) in [7, 11) is 0. The second-order valence-electron chi connectivity index (χ2n) is 4.53. The van der Waals surface area contributed by atoms with E-state index in [1.165, 1.54) is 0 Å². The zero-order chi connectivity index (χ0) is 12.7. The van der Waals surface area contributed by atoms with E-state index in [1.54, 1.807) is 4.57 Å². The highest BCUT2D eigenvalue weighted by atomic mass is 127. The first-order valence-corrected chi connectivity index (χ1v) is 6.92. The maximum atomic E-state index is 11.8. The molecule has 94 valence electrons. The Balaban J connectivity index is 1.90. The lowest BCUT2D eigenvalue weighted by Crippen LogP contribution is -2.29. The lowest BCUT2D eigenvalue weighted by atomic mass is 10.3. The smallest absolute Gasteiger partial charge is 0.240 e. The number of nitrogens with zero attached hydrogens (tertiary/aromatic N) is 2. The van der Waals surface area contributed by atoms with Crippen LogP contribution in [0, 0.1) is 3.57 Å². The minimum atomic E-state index is 0.00190. The van der Waals surface area contributed by atoms with Crippen molar-refractivity contribution in [2.45, 2.75) is 25.4 Å². The Labute approximate surface area is 118 Å². The van der Waals surface area contributed by atoms with E-state index >= 15 is 0 Å². The van der Waals surface area contributed by atoms with Gasteiger partial charge in [-0.3, -0.25) is 4.79 Å². The van der Waals surface area contributed by atoms with Crippen LogP contribution in [-0.4, -0.2) is 21.5 Å². The summed E-state index contributed by atoms with van der Waals surface area (Å²) in [4.78, 5) is 16.1. The molecule has 18 heavy (non-hydrogen) atoms.